The number of halogens is 4. The number of fused-ring (bicyclic) bond motifs is 1. The second kappa shape index (κ2) is 10.3. The van der Waals surface area contributed by atoms with Gasteiger partial charge in [0.1, 0.15) is 12.0 Å². The van der Waals surface area contributed by atoms with E-state index >= 15 is 0 Å². The Morgan fingerprint density at radius 3 is 2.34 bits per heavy atom. The van der Waals surface area contributed by atoms with Gasteiger partial charge >= 0.3 is 12.1 Å². The smallest absolute Gasteiger partial charge is 0.339 e. The summed E-state index contributed by atoms with van der Waals surface area (Å²) < 4.78 is 52.8. The quantitative estimate of drug-likeness (QED) is 0.433. The molecule has 0 aliphatic carbocycles. The predicted octanol–water partition coefficient (Wildman–Crippen LogP) is 3.23. The second-order valence-corrected chi connectivity index (χ2v) is 8.70. The number of ketones is 1. The highest BCUT2D eigenvalue weighted by Gasteiger charge is 2.51. The SMILES string of the molecule is CCC(=O)N1CCN(C(=O)c2cc(C[N+]3(OC(=O)C(F)(F)F)N=CC(=O)c4ccccc43)ccc2F)CC1. The molecule has 0 N–H and O–H groups in total. The number of quaternary nitrogens is 1. The number of hydrogen-bond donors (Lipinski definition) is 0. The average Bonchev–Trinajstić information content (AvgIpc) is 2.91. The Morgan fingerprint density at radius 2 is 1.68 bits per heavy atom. The van der Waals surface area contributed by atoms with Crippen molar-refractivity contribution in [1.29, 1.82) is 0 Å². The van der Waals surface area contributed by atoms with Crippen LogP contribution in [0.5, 0.6) is 0 Å². The van der Waals surface area contributed by atoms with Crippen LogP contribution < -0.4 is 4.76 Å². The minimum Gasteiger partial charge on any atom is -0.339 e. The van der Waals surface area contributed by atoms with Gasteiger partial charge in [-0.2, -0.15) is 13.2 Å². The third-order valence-electron chi connectivity index (χ3n) is 6.25. The Morgan fingerprint density at radius 1 is 1.03 bits per heavy atom. The number of para-hydroxylation sites is 1. The fraction of sp³-hybridized carbons (Fsp3) is 0.320. The molecule has 4 rings (SSSR count). The largest absolute Gasteiger partial charge is 0.497 e. The van der Waals surface area contributed by atoms with Crippen LogP contribution in [0.3, 0.4) is 0 Å². The molecule has 0 spiro atoms. The highest BCUT2D eigenvalue weighted by Crippen LogP contribution is 2.36. The molecule has 0 aromatic heterocycles. The molecule has 9 nitrogen and oxygen atoms in total. The lowest BCUT2D eigenvalue weighted by Gasteiger charge is -2.35. The van der Waals surface area contributed by atoms with Crippen molar-refractivity contribution in [2.24, 2.45) is 5.10 Å². The molecule has 2 amide bonds. The van der Waals surface area contributed by atoms with Gasteiger partial charge in [0.15, 0.2) is 6.54 Å². The van der Waals surface area contributed by atoms with Crippen molar-refractivity contribution >= 4 is 35.5 Å². The Labute approximate surface area is 214 Å². The lowest BCUT2D eigenvalue weighted by molar-refractivity contribution is -0.237. The molecule has 1 fully saturated rings. The fourth-order valence-corrected chi connectivity index (χ4v) is 4.32. The van der Waals surface area contributed by atoms with E-state index in [0.717, 1.165) is 18.3 Å². The monoisotopic (exact) mass is 535 g/mol. The van der Waals surface area contributed by atoms with Gasteiger partial charge in [-0.15, -0.1) is 0 Å². The van der Waals surface area contributed by atoms with Crippen LogP contribution in [0.1, 0.15) is 39.6 Å². The van der Waals surface area contributed by atoms with E-state index in [2.05, 4.69) is 5.10 Å². The van der Waals surface area contributed by atoms with E-state index in [1.165, 1.54) is 35.2 Å². The molecule has 0 bridgehead atoms. The van der Waals surface area contributed by atoms with E-state index in [1.807, 2.05) is 0 Å². The van der Waals surface area contributed by atoms with Crippen LogP contribution in [-0.2, 0) is 21.0 Å². The van der Waals surface area contributed by atoms with Gasteiger partial charge in [0, 0.05) is 49.0 Å². The molecular weight excluding hydrogens is 512 g/mol. The summed E-state index contributed by atoms with van der Waals surface area (Å²) in [4.78, 5) is 57.0. The van der Waals surface area contributed by atoms with E-state index in [9.17, 15) is 36.7 Å². The number of hydroxylamine groups is 1. The van der Waals surface area contributed by atoms with E-state index < -0.39 is 41.0 Å². The lowest BCUT2D eigenvalue weighted by atomic mass is 10.0. The zero-order chi connectivity index (χ0) is 27.7. The number of amides is 2. The predicted molar refractivity (Wildman–Crippen MR) is 126 cm³/mol. The first-order chi connectivity index (χ1) is 17.9. The van der Waals surface area contributed by atoms with E-state index in [-0.39, 0.29) is 54.5 Å². The molecule has 1 saturated heterocycles. The topological polar surface area (TPSA) is 96.4 Å². The van der Waals surface area contributed by atoms with Gasteiger partial charge in [-0.1, -0.05) is 25.1 Å². The first-order valence-corrected chi connectivity index (χ1v) is 11.7. The van der Waals surface area contributed by atoms with E-state index in [0.29, 0.717) is 6.42 Å². The Balaban J connectivity index is 1.66. The van der Waals surface area contributed by atoms with Crippen molar-refractivity contribution in [3.8, 4) is 0 Å². The second-order valence-electron chi connectivity index (χ2n) is 8.70. The van der Waals surface area contributed by atoms with Crippen molar-refractivity contribution in [2.75, 3.05) is 26.2 Å². The Bertz CT molecular complexity index is 1320. The molecule has 1 atom stereocenters. The summed E-state index contributed by atoms with van der Waals surface area (Å²) in [6, 6.07) is 8.91. The first kappa shape index (κ1) is 26.9. The molecule has 2 aliphatic heterocycles. The fourth-order valence-electron chi connectivity index (χ4n) is 4.32. The minimum atomic E-state index is -5.36. The van der Waals surface area contributed by atoms with Gasteiger partial charge in [-0.05, 0) is 23.3 Å². The molecule has 2 aromatic carbocycles. The minimum absolute atomic E-state index is 0.0321. The molecular formula is C25H23F4N4O5+. The molecule has 38 heavy (non-hydrogen) atoms. The lowest BCUT2D eigenvalue weighted by Crippen LogP contribution is -2.51. The number of benzene rings is 2. The number of hydrogen-bond acceptors (Lipinski definition) is 6. The molecule has 200 valence electrons. The van der Waals surface area contributed by atoms with Crippen molar-refractivity contribution in [1.82, 2.24) is 14.6 Å². The molecule has 1 unspecified atom stereocenters. The Hall–Kier alpha value is -4.13. The molecule has 0 saturated carbocycles. The van der Waals surface area contributed by atoms with Crippen LogP contribution in [0, 0.1) is 5.82 Å². The van der Waals surface area contributed by atoms with Crippen molar-refractivity contribution in [2.45, 2.75) is 26.1 Å². The third-order valence-corrected chi connectivity index (χ3v) is 6.25. The van der Waals surface area contributed by atoms with Crippen molar-refractivity contribution in [3.05, 3.63) is 65.0 Å². The number of alkyl halides is 3. The van der Waals surface area contributed by atoms with Gasteiger partial charge in [0.05, 0.1) is 11.1 Å². The maximum atomic E-state index is 14.7. The van der Waals surface area contributed by atoms with Crippen LogP contribution in [0.25, 0.3) is 0 Å². The molecule has 2 aliphatic rings. The third kappa shape index (κ3) is 5.28. The van der Waals surface area contributed by atoms with Gasteiger partial charge in [-0.3, -0.25) is 14.4 Å². The van der Waals surface area contributed by atoms with E-state index in [4.69, 9.17) is 4.84 Å². The van der Waals surface area contributed by atoms with Gasteiger partial charge in [0.2, 0.25) is 17.4 Å². The molecule has 2 aromatic rings. The normalized spacial score (nSPS) is 19.2. The summed E-state index contributed by atoms with van der Waals surface area (Å²) in [5.74, 6) is -4.73. The summed E-state index contributed by atoms with van der Waals surface area (Å²) in [6.07, 6.45) is -4.29. The van der Waals surface area contributed by atoms with Crippen LogP contribution in [-0.4, -0.2) is 71.9 Å². The number of Topliss-reactive ketones (excluding diaryl/α,β-unsaturated/α-hetero) is 1. The number of piperazine rings is 1. The highest BCUT2D eigenvalue weighted by atomic mass is 19.4. The van der Waals surface area contributed by atoms with E-state index in [1.54, 1.807) is 11.8 Å². The van der Waals surface area contributed by atoms with Gasteiger partial charge < -0.3 is 9.80 Å². The maximum Gasteiger partial charge on any atom is 0.497 e. The molecule has 0 radical (unpaired) electrons. The summed E-state index contributed by atoms with van der Waals surface area (Å²) in [6.45, 7) is 2.08. The summed E-state index contributed by atoms with van der Waals surface area (Å²) in [5.41, 5.74) is -0.392. The van der Waals surface area contributed by atoms with Gasteiger partial charge in [0.25, 0.3) is 5.91 Å². The number of carbonyl (C=O) groups is 4. The molecule has 2 heterocycles. The van der Waals surface area contributed by atoms with Crippen LogP contribution in [0.15, 0.2) is 47.6 Å². The summed E-state index contributed by atoms with van der Waals surface area (Å²) in [7, 11) is 0. The van der Waals surface area contributed by atoms with Crippen LogP contribution >= 0.6 is 0 Å². The van der Waals surface area contributed by atoms with Gasteiger partial charge in [-0.25, -0.2) is 14.0 Å². The average molecular weight is 535 g/mol. The summed E-state index contributed by atoms with van der Waals surface area (Å²) in [5, 5.41) is 3.85. The molecule has 13 heteroatoms. The number of nitrogens with zero attached hydrogens (tertiary/aromatic N) is 4. The highest BCUT2D eigenvalue weighted by molar-refractivity contribution is 6.37. The number of carbonyl (C=O) groups excluding carboxylic acids is 4. The zero-order valence-corrected chi connectivity index (χ0v) is 20.2. The van der Waals surface area contributed by atoms with Crippen LogP contribution in [0.2, 0.25) is 0 Å². The van der Waals surface area contributed by atoms with Crippen molar-refractivity contribution in [3.63, 3.8) is 0 Å². The standard InChI is InChI=1S/C25H23F4N4O5/c1-2-22(35)31-9-11-32(12-10-31)23(36)18-13-16(7-8-19(18)26)15-33(38-24(37)25(27,28)29)20-6-4-3-5-17(20)21(34)14-30-33/h3-8,13-14H,2,9-12,15H2,1H3/q+1. The first-order valence-electron chi connectivity index (χ1n) is 11.7. The summed E-state index contributed by atoms with van der Waals surface area (Å²) >= 11 is 0. The number of rotatable bonds is 5. The maximum absolute atomic E-state index is 14.7. The van der Waals surface area contributed by atoms with Crippen molar-refractivity contribution < 1.29 is 41.6 Å². The van der Waals surface area contributed by atoms with Crippen LogP contribution in [0.4, 0.5) is 23.2 Å². The zero-order valence-electron chi connectivity index (χ0n) is 20.2. The Kier molecular flexibility index (Phi) is 7.31.